The van der Waals surface area contributed by atoms with E-state index >= 15 is 0 Å². The molecule has 0 radical (unpaired) electrons. The Morgan fingerprint density at radius 1 is 1.05 bits per heavy atom. The first-order valence-corrected chi connectivity index (χ1v) is 7.56. The predicted molar refractivity (Wildman–Crippen MR) is 90.3 cm³/mol. The number of fused-ring (bicyclic) bond motifs is 1. The van der Waals surface area contributed by atoms with E-state index in [9.17, 15) is 4.79 Å². The molecule has 0 unspecified atom stereocenters. The first-order chi connectivity index (χ1) is 10.7. The molecule has 0 amide bonds. The van der Waals surface area contributed by atoms with Gasteiger partial charge in [-0.15, -0.1) is 0 Å². The summed E-state index contributed by atoms with van der Waals surface area (Å²) in [5.74, 6) is 0.169. The summed E-state index contributed by atoms with van der Waals surface area (Å²) < 4.78 is 0. The van der Waals surface area contributed by atoms with Crippen LogP contribution in [0.25, 0.3) is 10.9 Å². The van der Waals surface area contributed by atoms with Gasteiger partial charge in [-0.3, -0.25) is 9.69 Å². The average Bonchev–Trinajstić information content (AvgIpc) is 2.97. The smallest absolute Gasteiger partial charge is 0.176 e. The molecule has 22 heavy (non-hydrogen) atoms. The van der Waals surface area contributed by atoms with E-state index in [4.69, 9.17) is 0 Å². The van der Waals surface area contributed by atoms with Crippen LogP contribution in [0.3, 0.4) is 0 Å². The maximum absolute atomic E-state index is 12.2. The predicted octanol–water partition coefficient (Wildman–Crippen LogP) is 3.53. The number of carbonyl (C=O) groups excluding carboxylic acids is 1. The number of nitrogens with one attached hydrogen (secondary N) is 1. The van der Waals surface area contributed by atoms with Crippen LogP contribution in [0, 0.1) is 0 Å². The summed E-state index contributed by atoms with van der Waals surface area (Å²) in [5.41, 5.74) is 3.25. The largest absolute Gasteiger partial charge is 0.361 e. The third kappa shape index (κ3) is 3.26. The minimum Gasteiger partial charge on any atom is -0.361 e. The first kappa shape index (κ1) is 14.5. The number of para-hydroxylation sites is 1. The number of H-pyrrole nitrogens is 1. The van der Waals surface area contributed by atoms with Crippen molar-refractivity contribution in [1.82, 2.24) is 9.88 Å². The van der Waals surface area contributed by atoms with Gasteiger partial charge in [-0.25, -0.2) is 0 Å². The van der Waals surface area contributed by atoms with Gasteiger partial charge in [-0.2, -0.15) is 0 Å². The number of aromatic amines is 1. The van der Waals surface area contributed by atoms with Crippen LogP contribution < -0.4 is 0 Å². The van der Waals surface area contributed by atoms with Gasteiger partial charge in [0.15, 0.2) is 5.78 Å². The Balaban J connectivity index is 1.58. The lowest BCUT2D eigenvalue weighted by Crippen LogP contribution is -2.28. The fourth-order valence-electron chi connectivity index (χ4n) is 2.69. The van der Waals surface area contributed by atoms with Crippen LogP contribution in [0.4, 0.5) is 0 Å². The van der Waals surface area contributed by atoms with Crippen molar-refractivity contribution >= 4 is 16.7 Å². The average molecular weight is 292 g/mol. The molecule has 3 heteroatoms. The second-order valence-corrected chi connectivity index (χ2v) is 5.64. The highest BCUT2D eigenvalue weighted by molar-refractivity contribution is 5.97. The van der Waals surface area contributed by atoms with Gasteiger partial charge in [0, 0.05) is 29.2 Å². The van der Waals surface area contributed by atoms with Gasteiger partial charge in [0.1, 0.15) is 0 Å². The van der Waals surface area contributed by atoms with Crippen molar-refractivity contribution in [1.29, 1.82) is 0 Å². The van der Waals surface area contributed by atoms with Gasteiger partial charge in [0.25, 0.3) is 0 Å². The third-order valence-electron chi connectivity index (χ3n) is 3.95. The zero-order chi connectivity index (χ0) is 15.4. The van der Waals surface area contributed by atoms with Crippen molar-refractivity contribution in [3.05, 3.63) is 71.9 Å². The normalized spacial score (nSPS) is 11.2. The summed E-state index contributed by atoms with van der Waals surface area (Å²) in [4.78, 5) is 17.6. The summed E-state index contributed by atoms with van der Waals surface area (Å²) in [6.45, 7) is 1.31. The molecule has 3 nitrogen and oxygen atoms in total. The van der Waals surface area contributed by atoms with Crippen LogP contribution in [0.2, 0.25) is 0 Å². The molecule has 0 atom stereocenters. The standard InChI is InChI=1S/C19H20N2O/c1-21(14-19(22)15-7-3-2-4-8-15)12-11-16-13-20-18-10-6-5-9-17(16)18/h2-10,13,20H,11-12,14H2,1H3. The highest BCUT2D eigenvalue weighted by Gasteiger charge is 2.10. The topological polar surface area (TPSA) is 36.1 Å². The Morgan fingerprint density at radius 3 is 2.59 bits per heavy atom. The van der Waals surface area contributed by atoms with Crippen LogP contribution in [-0.2, 0) is 6.42 Å². The van der Waals surface area contributed by atoms with Crippen LogP contribution in [0.1, 0.15) is 15.9 Å². The molecule has 2 aromatic carbocycles. The zero-order valence-electron chi connectivity index (χ0n) is 12.8. The van der Waals surface area contributed by atoms with Gasteiger partial charge < -0.3 is 4.98 Å². The Kier molecular flexibility index (Phi) is 4.35. The highest BCUT2D eigenvalue weighted by Crippen LogP contribution is 2.18. The van der Waals surface area contributed by atoms with Crippen LogP contribution in [0.15, 0.2) is 60.8 Å². The fourth-order valence-corrected chi connectivity index (χ4v) is 2.69. The van der Waals surface area contributed by atoms with Crippen molar-refractivity contribution in [2.75, 3.05) is 20.1 Å². The lowest BCUT2D eigenvalue weighted by molar-refractivity contribution is 0.0947. The van der Waals surface area contributed by atoms with E-state index in [-0.39, 0.29) is 5.78 Å². The lowest BCUT2D eigenvalue weighted by atomic mass is 10.1. The molecule has 0 saturated carbocycles. The number of aromatic nitrogens is 1. The van der Waals surface area contributed by atoms with Crippen molar-refractivity contribution in [2.45, 2.75) is 6.42 Å². The number of carbonyl (C=O) groups is 1. The molecular weight excluding hydrogens is 272 g/mol. The first-order valence-electron chi connectivity index (χ1n) is 7.56. The maximum atomic E-state index is 12.2. The van der Waals surface area contributed by atoms with Gasteiger partial charge >= 0.3 is 0 Å². The van der Waals surface area contributed by atoms with Crippen LogP contribution in [-0.4, -0.2) is 35.8 Å². The molecule has 0 aliphatic heterocycles. The number of nitrogens with zero attached hydrogens (tertiary/aromatic N) is 1. The molecule has 112 valence electrons. The number of hydrogen-bond donors (Lipinski definition) is 1. The van der Waals surface area contributed by atoms with E-state index in [0.29, 0.717) is 6.54 Å². The number of hydrogen-bond acceptors (Lipinski definition) is 2. The Labute approximate surface area is 130 Å². The SMILES string of the molecule is CN(CCc1c[nH]c2ccccc12)CC(=O)c1ccccc1. The summed E-state index contributed by atoms with van der Waals surface area (Å²) in [6.07, 6.45) is 3.00. The molecular formula is C19H20N2O. The number of likely N-dealkylation sites (N-methyl/N-ethyl adjacent to an activating group) is 1. The van der Waals surface area contributed by atoms with Gasteiger partial charge in [0.2, 0.25) is 0 Å². The Morgan fingerprint density at radius 2 is 1.77 bits per heavy atom. The van der Waals surface area contributed by atoms with Gasteiger partial charge in [-0.05, 0) is 25.1 Å². The van der Waals surface area contributed by atoms with Crippen LogP contribution >= 0.6 is 0 Å². The van der Waals surface area contributed by atoms with Crippen molar-refractivity contribution in [3.8, 4) is 0 Å². The summed E-state index contributed by atoms with van der Waals surface area (Å²) >= 11 is 0. The fraction of sp³-hybridized carbons (Fsp3) is 0.211. The van der Waals surface area contributed by atoms with Crippen molar-refractivity contribution in [2.24, 2.45) is 0 Å². The quantitative estimate of drug-likeness (QED) is 0.706. The van der Waals surface area contributed by atoms with Gasteiger partial charge in [-0.1, -0.05) is 48.5 Å². The Bertz CT molecular complexity index is 761. The molecule has 0 fully saturated rings. The van der Waals surface area contributed by atoms with E-state index in [2.05, 4.69) is 34.3 Å². The highest BCUT2D eigenvalue weighted by atomic mass is 16.1. The summed E-state index contributed by atoms with van der Waals surface area (Å²) in [6, 6.07) is 17.8. The lowest BCUT2D eigenvalue weighted by Gasteiger charge is -2.15. The van der Waals surface area contributed by atoms with Crippen molar-refractivity contribution < 1.29 is 4.79 Å². The number of rotatable bonds is 6. The molecule has 0 saturated heterocycles. The second kappa shape index (κ2) is 6.58. The van der Waals surface area contributed by atoms with Crippen LogP contribution in [0.5, 0.6) is 0 Å². The van der Waals surface area contributed by atoms with E-state index in [1.165, 1.54) is 16.5 Å². The third-order valence-corrected chi connectivity index (χ3v) is 3.95. The second-order valence-electron chi connectivity index (χ2n) is 5.64. The molecule has 0 spiro atoms. The van der Waals surface area contributed by atoms with Gasteiger partial charge in [0.05, 0.1) is 6.54 Å². The Hall–Kier alpha value is -2.39. The summed E-state index contributed by atoms with van der Waals surface area (Å²) in [5, 5.41) is 1.27. The number of ketones is 1. The molecule has 0 bridgehead atoms. The molecule has 3 aromatic rings. The molecule has 1 N–H and O–H groups in total. The summed E-state index contributed by atoms with van der Waals surface area (Å²) in [7, 11) is 2.00. The molecule has 0 aliphatic rings. The monoisotopic (exact) mass is 292 g/mol. The van der Waals surface area contributed by atoms with E-state index in [1.807, 2.05) is 43.4 Å². The van der Waals surface area contributed by atoms with E-state index < -0.39 is 0 Å². The molecule has 3 rings (SSSR count). The minimum atomic E-state index is 0.169. The molecule has 1 aromatic heterocycles. The maximum Gasteiger partial charge on any atom is 0.176 e. The van der Waals surface area contributed by atoms with E-state index in [1.54, 1.807) is 0 Å². The zero-order valence-corrected chi connectivity index (χ0v) is 12.8. The van der Waals surface area contributed by atoms with Crippen molar-refractivity contribution in [3.63, 3.8) is 0 Å². The molecule has 1 heterocycles. The number of benzene rings is 2. The molecule has 0 aliphatic carbocycles. The number of Topliss-reactive ketones (excluding diaryl/α,β-unsaturated/α-hetero) is 1. The van der Waals surface area contributed by atoms with E-state index in [0.717, 1.165) is 18.5 Å². The minimum absolute atomic E-state index is 0.169.